The molecule has 6 atom stereocenters. The molecule has 1 saturated carbocycles. The van der Waals surface area contributed by atoms with Gasteiger partial charge in [0.05, 0.1) is 24.9 Å². The number of amides is 4. The van der Waals surface area contributed by atoms with Crippen LogP contribution >= 0.6 is 11.3 Å². The van der Waals surface area contributed by atoms with Crippen LogP contribution in [0.25, 0.3) is 22.3 Å². The Morgan fingerprint density at radius 2 is 1.84 bits per heavy atom. The summed E-state index contributed by atoms with van der Waals surface area (Å²) in [7, 11) is 2.07. The number of hydrogen-bond acceptors (Lipinski definition) is 12. The number of allylic oxidation sites excluding steroid dienone is 1. The Hall–Kier alpha value is -5.05. The molecule has 6 rings (SSSR count). The maximum Gasteiger partial charge on any atom is 0.330 e. The Balaban J connectivity index is 1.32. The number of benzene rings is 1. The fourth-order valence-corrected chi connectivity index (χ4v) is 9.83. The molecule has 1 aliphatic carbocycles. The molecule has 2 aromatic heterocycles. The summed E-state index contributed by atoms with van der Waals surface area (Å²) in [5, 5.41) is 25.6. The van der Waals surface area contributed by atoms with Crippen LogP contribution in [-0.2, 0) is 24.6 Å². The molecule has 18 nitrogen and oxygen atoms in total. The highest BCUT2D eigenvalue weighted by Gasteiger charge is 2.61. The number of urea groups is 1. The molecule has 350 valence electrons. The van der Waals surface area contributed by atoms with Crippen molar-refractivity contribution in [3.63, 3.8) is 0 Å². The van der Waals surface area contributed by atoms with Crippen LogP contribution in [0.1, 0.15) is 79.6 Å². The number of rotatable bonds is 13. The van der Waals surface area contributed by atoms with Crippen LogP contribution in [0.2, 0.25) is 0 Å². The fourth-order valence-electron chi connectivity index (χ4n) is 8.09. The number of nitrogens with one attached hydrogen (secondary N) is 4. The topological polar surface area (TPSA) is 225 Å². The molecule has 5 N–H and O–H groups in total. The number of carbonyl (C=O) groups excluding carboxylic acids is 3. The van der Waals surface area contributed by atoms with Crippen LogP contribution in [0.15, 0.2) is 41.8 Å². The van der Waals surface area contributed by atoms with Gasteiger partial charge in [0.25, 0.3) is 10.2 Å². The number of thiazole rings is 1. The van der Waals surface area contributed by atoms with E-state index in [0.717, 1.165) is 22.3 Å². The molecule has 20 heteroatoms. The molecular formula is C44H63N9O9S2. The smallest absolute Gasteiger partial charge is 0.330 e. The molecule has 2 fully saturated rings. The van der Waals surface area contributed by atoms with Gasteiger partial charge in [-0.05, 0) is 57.1 Å². The van der Waals surface area contributed by atoms with Crippen molar-refractivity contribution in [3.8, 4) is 22.9 Å². The minimum atomic E-state index is -3.80. The Kier molecular flexibility index (Phi) is 14.8. The molecular weight excluding hydrogens is 863 g/mol. The SMILES string of the molecule is COc1ccc2c(O[C@@H]3C[C@H]4C(=O)N[C@]5(C(=O)O)CC5/C=C\CCCCC[C@H](NC(=O)NC(CN(C)S(=O)(=O)N(C)C)C(C)(C)C)C(=O)N4C3)cc(-c3csc(NC(C)C)n3)nc2c1. The maximum absolute atomic E-state index is 14.9. The predicted molar refractivity (Wildman–Crippen MR) is 245 cm³/mol. The van der Waals surface area contributed by atoms with Gasteiger partial charge in [-0.1, -0.05) is 45.8 Å². The highest BCUT2D eigenvalue weighted by molar-refractivity contribution is 7.86. The maximum atomic E-state index is 14.9. The number of anilines is 1. The molecule has 0 spiro atoms. The standard InChI is InChI=1S/C44H63N9O9S2/c1-26(2)45-42-48-34(25-63-42)33-21-36(30-18-17-28(61-9)19-32(30)46-33)62-29-20-35-38(54)50-44(40(56)57)22-27(44)15-13-11-10-12-14-16-31(39(55)53(35)23-29)47-41(58)49-37(43(3,4)5)24-52(8)64(59,60)51(6)7/h13,15,17-19,21,25-27,29,31,35,37H,10-12,14,16,20,22-24H2,1-9H3,(H,45,48)(H,50,54)(H,56,57)(H2,47,49,58)/b15-13-/t27?,29-,31+,35+,37?,44-/m1/s1. The normalized spacial score (nSPS) is 24.3. The molecule has 2 aliphatic heterocycles. The molecule has 3 aromatic rings. The first kappa shape index (κ1) is 48.4. The lowest BCUT2D eigenvalue weighted by molar-refractivity contribution is -0.145. The van der Waals surface area contributed by atoms with Crippen LogP contribution in [0.5, 0.6) is 11.5 Å². The van der Waals surface area contributed by atoms with Crippen LogP contribution in [0, 0.1) is 11.3 Å². The van der Waals surface area contributed by atoms with Crippen molar-refractivity contribution in [1.29, 1.82) is 0 Å². The first-order chi connectivity index (χ1) is 30.1. The number of fused-ring (bicyclic) bond motifs is 3. The van der Waals surface area contributed by atoms with E-state index in [1.807, 2.05) is 58.2 Å². The van der Waals surface area contributed by atoms with Crippen molar-refractivity contribution in [2.75, 3.05) is 46.7 Å². The molecule has 64 heavy (non-hydrogen) atoms. The second-order valence-corrected chi connectivity index (χ2v) is 21.6. The summed E-state index contributed by atoms with van der Waals surface area (Å²) in [5.74, 6) is -1.70. The van der Waals surface area contributed by atoms with Crippen LogP contribution < -0.4 is 30.7 Å². The number of aliphatic carboxylic acids is 1. The number of likely N-dealkylation sites (N-methyl/N-ethyl adjacent to an activating group) is 1. The van der Waals surface area contributed by atoms with E-state index >= 15 is 0 Å². The fraction of sp³-hybridized carbons (Fsp3) is 0.591. The molecule has 3 aliphatic rings. The second kappa shape index (κ2) is 19.6. The van der Waals surface area contributed by atoms with Crippen LogP contribution in [-0.4, -0.2) is 138 Å². The lowest BCUT2D eigenvalue weighted by Gasteiger charge is -2.35. The van der Waals surface area contributed by atoms with E-state index in [2.05, 4.69) is 21.3 Å². The summed E-state index contributed by atoms with van der Waals surface area (Å²) in [6.45, 7) is 9.59. The number of nitrogens with zero attached hydrogens (tertiary/aromatic N) is 5. The minimum Gasteiger partial charge on any atom is -0.497 e. The zero-order chi connectivity index (χ0) is 46.7. The van der Waals surface area contributed by atoms with E-state index in [1.165, 1.54) is 41.7 Å². The number of carboxylic acids is 1. The number of hydrogen-bond donors (Lipinski definition) is 5. The number of ether oxygens (including phenoxy) is 2. The Morgan fingerprint density at radius 1 is 1.09 bits per heavy atom. The highest BCUT2D eigenvalue weighted by Crippen LogP contribution is 2.45. The van der Waals surface area contributed by atoms with E-state index < -0.39 is 75.1 Å². The molecule has 4 amide bonds. The third kappa shape index (κ3) is 11.1. The summed E-state index contributed by atoms with van der Waals surface area (Å²) in [6.07, 6.45) is 6.32. The predicted octanol–water partition coefficient (Wildman–Crippen LogP) is 4.84. The number of methoxy groups -OCH3 is 1. The minimum absolute atomic E-state index is 0.0277. The summed E-state index contributed by atoms with van der Waals surface area (Å²) in [4.78, 5) is 67.0. The van der Waals surface area contributed by atoms with Crippen molar-refractivity contribution < 1.29 is 42.2 Å². The third-order valence-electron chi connectivity index (χ3n) is 12.0. The van der Waals surface area contributed by atoms with Gasteiger partial charge in [0.2, 0.25) is 11.8 Å². The first-order valence-corrected chi connectivity index (χ1v) is 24.0. The molecule has 0 radical (unpaired) electrons. The zero-order valence-corrected chi connectivity index (χ0v) is 39.8. The van der Waals surface area contributed by atoms with Gasteiger partial charge in [0.1, 0.15) is 40.9 Å². The molecule has 1 saturated heterocycles. The molecule has 0 bridgehead atoms. The summed E-state index contributed by atoms with van der Waals surface area (Å²) < 4.78 is 40.4. The van der Waals surface area contributed by atoms with E-state index in [-0.39, 0.29) is 38.4 Å². The molecule has 2 unspecified atom stereocenters. The van der Waals surface area contributed by atoms with Gasteiger partial charge < -0.3 is 40.7 Å². The quantitative estimate of drug-likeness (QED) is 0.145. The van der Waals surface area contributed by atoms with Gasteiger partial charge in [-0.25, -0.2) is 19.6 Å². The first-order valence-electron chi connectivity index (χ1n) is 21.7. The van der Waals surface area contributed by atoms with Crippen LogP contribution in [0.3, 0.4) is 0 Å². The lowest BCUT2D eigenvalue weighted by Crippen LogP contribution is -2.59. The lowest BCUT2D eigenvalue weighted by atomic mass is 9.87. The highest BCUT2D eigenvalue weighted by atomic mass is 32.2. The molecule has 1 aromatic carbocycles. The van der Waals surface area contributed by atoms with Crippen molar-refractivity contribution in [2.24, 2.45) is 11.3 Å². The third-order valence-corrected chi connectivity index (χ3v) is 14.7. The second-order valence-electron chi connectivity index (χ2n) is 18.5. The number of aromatic nitrogens is 2. The van der Waals surface area contributed by atoms with Gasteiger partial charge in [-0.3, -0.25) is 9.59 Å². The van der Waals surface area contributed by atoms with Crippen molar-refractivity contribution in [3.05, 3.63) is 41.8 Å². The van der Waals surface area contributed by atoms with Gasteiger partial charge in [-0.2, -0.15) is 17.0 Å². The van der Waals surface area contributed by atoms with Gasteiger partial charge in [-0.15, -0.1) is 11.3 Å². The Labute approximate surface area is 379 Å². The van der Waals surface area contributed by atoms with Crippen molar-refractivity contribution in [1.82, 2.24) is 39.4 Å². The number of pyridine rings is 1. The van der Waals surface area contributed by atoms with Gasteiger partial charge >= 0.3 is 12.0 Å². The summed E-state index contributed by atoms with van der Waals surface area (Å²) >= 11 is 1.45. The van der Waals surface area contributed by atoms with Crippen molar-refractivity contribution >= 4 is 61.4 Å². The zero-order valence-electron chi connectivity index (χ0n) is 38.1. The van der Waals surface area contributed by atoms with Crippen molar-refractivity contribution in [2.45, 2.75) is 115 Å². The van der Waals surface area contributed by atoms with E-state index in [1.54, 1.807) is 25.3 Å². The average molecular weight is 926 g/mol. The van der Waals surface area contributed by atoms with E-state index in [9.17, 15) is 32.7 Å². The average Bonchev–Trinajstić information content (AvgIpc) is 3.48. The van der Waals surface area contributed by atoms with E-state index in [0.29, 0.717) is 46.6 Å². The van der Waals surface area contributed by atoms with Gasteiger partial charge in [0, 0.05) is 75.0 Å². The molecule has 4 heterocycles. The van der Waals surface area contributed by atoms with Gasteiger partial charge in [0.15, 0.2) is 5.13 Å². The van der Waals surface area contributed by atoms with E-state index in [4.69, 9.17) is 19.4 Å². The Morgan fingerprint density at radius 3 is 2.52 bits per heavy atom. The Bertz CT molecular complexity index is 2350. The monoisotopic (exact) mass is 925 g/mol. The number of carbonyl (C=O) groups is 4. The summed E-state index contributed by atoms with van der Waals surface area (Å²) in [5.41, 5.74) is -0.373. The largest absolute Gasteiger partial charge is 0.497 e. The number of carboxylic acid groups (broad SMARTS) is 1. The summed E-state index contributed by atoms with van der Waals surface area (Å²) in [6, 6.07) is 3.79. The van der Waals surface area contributed by atoms with Crippen LogP contribution in [0.4, 0.5) is 9.93 Å².